The predicted molar refractivity (Wildman–Crippen MR) is 110 cm³/mol. The Morgan fingerprint density at radius 2 is 1.80 bits per heavy atom. The van der Waals surface area contributed by atoms with Crippen LogP contribution in [0.15, 0.2) is 70.3 Å². The topological polar surface area (TPSA) is 78.7 Å². The van der Waals surface area contributed by atoms with E-state index in [9.17, 15) is 13.6 Å². The highest BCUT2D eigenvalue weighted by Gasteiger charge is 2.08. The molecule has 0 bridgehead atoms. The monoisotopic (exact) mass is 412 g/mol. The number of halogens is 2. The fourth-order valence-electron chi connectivity index (χ4n) is 2.77. The summed E-state index contributed by atoms with van der Waals surface area (Å²) in [5.74, 6) is -0.111. The zero-order valence-corrected chi connectivity index (χ0v) is 16.4. The number of nitrogens with one attached hydrogen (secondary N) is 3. The molecule has 0 aliphatic rings. The van der Waals surface area contributed by atoms with Crippen LogP contribution in [-0.4, -0.2) is 18.9 Å². The van der Waals surface area contributed by atoms with Gasteiger partial charge in [0.15, 0.2) is 5.96 Å². The lowest BCUT2D eigenvalue weighted by molar-refractivity contribution is 0.0948. The van der Waals surface area contributed by atoms with Crippen molar-refractivity contribution >= 4 is 11.9 Å². The summed E-state index contributed by atoms with van der Waals surface area (Å²) >= 11 is 0. The minimum atomic E-state index is -0.502. The number of hydrogen-bond acceptors (Lipinski definition) is 3. The van der Waals surface area contributed by atoms with E-state index >= 15 is 0 Å². The first-order valence-corrected chi connectivity index (χ1v) is 9.33. The molecule has 3 N–H and O–H groups in total. The molecule has 0 radical (unpaired) electrons. The van der Waals surface area contributed by atoms with Crippen LogP contribution < -0.4 is 16.0 Å². The number of rotatable bonds is 7. The van der Waals surface area contributed by atoms with Gasteiger partial charge < -0.3 is 20.4 Å². The van der Waals surface area contributed by atoms with Crippen LogP contribution in [0.1, 0.15) is 27.2 Å². The molecule has 1 aromatic heterocycles. The Labute approximate surface area is 173 Å². The van der Waals surface area contributed by atoms with Crippen molar-refractivity contribution in [3.63, 3.8) is 0 Å². The zero-order valence-electron chi connectivity index (χ0n) is 16.4. The number of furan rings is 1. The van der Waals surface area contributed by atoms with E-state index in [1.165, 1.54) is 0 Å². The highest BCUT2D eigenvalue weighted by Crippen LogP contribution is 2.09. The van der Waals surface area contributed by atoms with Gasteiger partial charge in [0, 0.05) is 31.3 Å². The van der Waals surface area contributed by atoms with E-state index < -0.39 is 11.6 Å². The maximum atomic E-state index is 13.7. The van der Waals surface area contributed by atoms with Crippen molar-refractivity contribution in [3.8, 4) is 0 Å². The van der Waals surface area contributed by atoms with E-state index in [1.807, 2.05) is 6.07 Å². The molecule has 8 heteroatoms. The van der Waals surface area contributed by atoms with Gasteiger partial charge in [-0.05, 0) is 48.0 Å². The Hall–Kier alpha value is -3.68. The van der Waals surface area contributed by atoms with Crippen molar-refractivity contribution in [2.24, 2.45) is 4.99 Å². The van der Waals surface area contributed by atoms with Gasteiger partial charge in [0.25, 0.3) is 5.91 Å². The molecule has 3 aromatic rings. The van der Waals surface area contributed by atoms with Crippen LogP contribution in [0.2, 0.25) is 0 Å². The molecule has 0 aliphatic carbocycles. The molecule has 0 saturated heterocycles. The summed E-state index contributed by atoms with van der Waals surface area (Å²) in [5, 5.41) is 8.82. The Morgan fingerprint density at radius 3 is 2.57 bits per heavy atom. The first-order chi connectivity index (χ1) is 14.5. The zero-order chi connectivity index (χ0) is 21.3. The SMILES string of the molecule is CN=C(NCc1cccc(C(=O)NCc2ccco2)c1)NCc1cc(F)ccc1F. The Morgan fingerprint density at radius 1 is 0.967 bits per heavy atom. The van der Waals surface area contributed by atoms with Crippen LogP contribution in [0, 0.1) is 11.6 Å². The molecule has 6 nitrogen and oxygen atoms in total. The second-order valence-corrected chi connectivity index (χ2v) is 6.48. The first-order valence-electron chi connectivity index (χ1n) is 9.33. The van der Waals surface area contributed by atoms with E-state index in [0.717, 1.165) is 23.8 Å². The molecular weight excluding hydrogens is 390 g/mol. The summed E-state index contributed by atoms with van der Waals surface area (Å²) in [6.45, 7) is 0.782. The van der Waals surface area contributed by atoms with Gasteiger partial charge in [-0.1, -0.05) is 12.1 Å². The molecule has 0 saturated carbocycles. The molecule has 0 atom stereocenters. The van der Waals surface area contributed by atoms with Crippen molar-refractivity contribution in [2.75, 3.05) is 7.05 Å². The summed E-state index contributed by atoms with van der Waals surface area (Å²) in [7, 11) is 1.58. The Balaban J connectivity index is 1.53. The lowest BCUT2D eigenvalue weighted by Gasteiger charge is -2.13. The number of aliphatic imine (C=N–C) groups is 1. The molecule has 0 aliphatic heterocycles. The standard InChI is InChI=1S/C22H22F2N4O2/c1-25-22(28-13-17-11-18(23)7-8-20(17)24)27-12-15-4-2-5-16(10-15)21(29)26-14-19-6-3-9-30-19/h2-11H,12-14H2,1H3,(H,26,29)(H2,25,27,28). The average Bonchev–Trinajstić information content (AvgIpc) is 3.28. The van der Waals surface area contributed by atoms with Crippen molar-refractivity contribution in [1.82, 2.24) is 16.0 Å². The van der Waals surface area contributed by atoms with Gasteiger partial charge >= 0.3 is 0 Å². The molecule has 0 unspecified atom stereocenters. The maximum absolute atomic E-state index is 13.7. The van der Waals surface area contributed by atoms with E-state index in [2.05, 4.69) is 20.9 Å². The van der Waals surface area contributed by atoms with E-state index in [4.69, 9.17) is 4.42 Å². The van der Waals surface area contributed by atoms with Crippen LogP contribution in [-0.2, 0) is 19.6 Å². The van der Waals surface area contributed by atoms with E-state index in [1.54, 1.807) is 43.6 Å². The van der Waals surface area contributed by atoms with Gasteiger partial charge in [-0.2, -0.15) is 0 Å². The minimum Gasteiger partial charge on any atom is -0.467 e. The lowest BCUT2D eigenvalue weighted by Crippen LogP contribution is -2.36. The lowest BCUT2D eigenvalue weighted by atomic mass is 10.1. The number of carbonyl (C=O) groups excluding carboxylic acids is 1. The molecular formula is C22H22F2N4O2. The van der Waals surface area contributed by atoms with Crippen molar-refractivity contribution < 1.29 is 18.0 Å². The van der Waals surface area contributed by atoms with Crippen LogP contribution in [0.5, 0.6) is 0 Å². The largest absolute Gasteiger partial charge is 0.467 e. The van der Waals surface area contributed by atoms with Crippen molar-refractivity contribution in [1.29, 1.82) is 0 Å². The molecule has 156 valence electrons. The molecule has 1 heterocycles. The smallest absolute Gasteiger partial charge is 0.251 e. The van der Waals surface area contributed by atoms with Gasteiger partial charge in [0.2, 0.25) is 0 Å². The van der Waals surface area contributed by atoms with Gasteiger partial charge in [-0.3, -0.25) is 9.79 Å². The fraction of sp³-hybridized carbons (Fsp3) is 0.182. The average molecular weight is 412 g/mol. The normalized spacial score (nSPS) is 11.2. The first kappa shape index (κ1) is 21.0. The van der Waals surface area contributed by atoms with Gasteiger partial charge in [0.1, 0.15) is 17.4 Å². The van der Waals surface area contributed by atoms with Gasteiger partial charge in [0.05, 0.1) is 12.8 Å². The van der Waals surface area contributed by atoms with E-state index in [-0.39, 0.29) is 18.0 Å². The van der Waals surface area contributed by atoms with Crippen molar-refractivity contribution in [2.45, 2.75) is 19.6 Å². The number of guanidine groups is 1. The Bertz CT molecular complexity index is 1020. The molecule has 30 heavy (non-hydrogen) atoms. The second kappa shape index (κ2) is 10.2. The summed E-state index contributed by atoms with van der Waals surface area (Å²) in [5.41, 5.74) is 1.58. The number of carbonyl (C=O) groups is 1. The molecule has 2 aromatic carbocycles. The van der Waals surface area contributed by atoms with Crippen LogP contribution >= 0.6 is 0 Å². The molecule has 1 amide bonds. The van der Waals surface area contributed by atoms with Gasteiger partial charge in [-0.25, -0.2) is 8.78 Å². The molecule has 0 fully saturated rings. The summed E-state index contributed by atoms with van der Waals surface area (Å²) < 4.78 is 32.2. The third kappa shape index (κ3) is 5.91. The number of benzene rings is 2. The maximum Gasteiger partial charge on any atom is 0.251 e. The summed E-state index contributed by atoms with van der Waals surface area (Å²) in [6.07, 6.45) is 1.55. The molecule has 3 rings (SSSR count). The quantitative estimate of drug-likeness (QED) is 0.411. The number of hydrogen-bond donors (Lipinski definition) is 3. The van der Waals surface area contributed by atoms with Crippen LogP contribution in [0.25, 0.3) is 0 Å². The molecule has 0 spiro atoms. The minimum absolute atomic E-state index is 0.0818. The highest BCUT2D eigenvalue weighted by atomic mass is 19.1. The number of amides is 1. The number of nitrogens with zero attached hydrogens (tertiary/aromatic N) is 1. The third-order valence-corrected chi connectivity index (χ3v) is 4.33. The van der Waals surface area contributed by atoms with Crippen molar-refractivity contribution in [3.05, 3.63) is 94.9 Å². The van der Waals surface area contributed by atoms with Crippen LogP contribution in [0.4, 0.5) is 8.78 Å². The third-order valence-electron chi connectivity index (χ3n) is 4.33. The Kier molecular flexibility index (Phi) is 7.15. The summed E-state index contributed by atoms with van der Waals surface area (Å²) in [4.78, 5) is 16.4. The predicted octanol–water partition coefficient (Wildman–Crippen LogP) is 3.35. The second-order valence-electron chi connectivity index (χ2n) is 6.48. The summed E-state index contributed by atoms with van der Waals surface area (Å²) in [6, 6.07) is 14.0. The van der Waals surface area contributed by atoms with Gasteiger partial charge in [-0.15, -0.1) is 0 Å². The van der Waals surface area contributed by atoms with Crippen LogP contribution in [0.3, 0.4) is 0 Å². The van der Waals surface area contributed by atoms with E-state index in [0.29, 0.717) is 30.4 Å². The highest BCUT2D eigenvalue weighted by molar-refractivity contribution is 5.94. The fourth-order valence-corrected chi connectivity index (χ4v) is 2.77.